The molecule has 140 valence electrons. The highest BCUT2D eigenvalue weighted by Gasteiger charge is 2.22. The van der Waals surface area contributed by atoms with Crippen LogP contribution >= 0.6 is 0 Å². The molecule has 1 unspecified atom stereocenters. The van der Waals surface area contributed by atoms with Gasteiger partial charge in [0.2, 0.25) is 0 Å². The van der Waals surface area contributed by atoms with Crippen LogP contribution in [0.1, 0.15) is 54.0 Å². The molecule has 1 aliphatic rings. The third kappa shape index (κ3) is 5.15. The number of nitrogens with zero attached hydrogens (tertiary/aromatic N) is 2. The molecule has 1 atom stereocenters. The fourth-order valence-corrected chi connectivity index (χ4v) is 3.89. The second-order valence-corrected chi connectivity index (χ2v) is 8.35. The fraction of sp³-hybridized carbons (Fsp3) is 0.522. The van der Waals surface area contributed by atoms with Gasteiger partial charge in [-0.1, -0.05) is 18.2 Å². The smallest absolute Gasteiger partial charge is 0.0299 e. The van der Waals surface area contributed by atoms with E-state index in [1.54, 1.807) is 0 Å². The van der Waals surface area contributed by atoms with Crippen molar-refractivity contribution in [3.8, 4) is 0 Å². The van der Waals surface area contributed by atoms with Gasteiger partial charge < -0.3 is 5.73 Å². The molecule has 3 heteroatoms. The second kappa shape index (κ2) is 8.32. The first-order chi connectivity index (χ1) is 12.4. The predicted octanol–water partition coefficient (Wildman–Crippen LogP) is 4.19. The summed E-state index contributed by atoms with van der Waals surface area (Å²) in [6.07, 6.45) is 9.26. The van der Waals surface area contributed by atoms with Crippen molar-refractivity contribution < 1.29 is 0 Å². The highest BCUT2D eigenvalue weighted by atomic mass is 15.1. The molecule has 1 aliphatic heterocycles. The number of aromatic nitrogens is 1. The minimum atomic E-state index is -0.0916. The van der Waals surface area contributed by atoms with Crippen molar-refractivity contribution >= 4 is 0 Å². The van der Waals surface area contributed by atoms with E-state index < -0.39 is 0 Å². The highest BCUT2D eigenvalue weighted by Crippen LogP contribution is 2.24. The number of hydrogen-bond donors (Lipinski definition) is 1. The van der Waals surface area contributed by atoms with Crippen LogP contribution in [0, 0.1) is 13.8 Å². The van der Waals surface area contributed by atoms with E-state index in [0.717, 1.165) is 45.3 Å². The van der Waals surface area contributed by atoms with Crippen LogP contribution in [0.4, 0.5) is 0 Å². The molecule has 1 aromatic carbocycles. The van der Waals surface area contributed by atoms with Crippen molar-refractivity contribution in [1.82, 2.24) is 9.88 Å². The first kappa shape index (κ1) is 19.1. The van der Waals surface area contributed by atoms with Crippen molar-refractivity contribution in [2.24, 2.45) is 5.73 Å². The number of nitrogens with two attached hydrogens (primary N) is 1. The molecule has 3 nitrogen and oxygen atoms in total. The summed E-state index contributed by atoms with van der Waals surface area (Å²) in [5.41, 5.74) is 13.7. The van der Waals surface area contributed by atoms with E-state index in [-0.39, 0.29) is 5.54 Å². The van der Waals surface area contributed by atoms with Gasteiger partial charge in [-0.2, -0.15) is 0 Å². The summed E-state index contributed by atoms with van der Waals surface area (Å²) >= 11 is 0. The predicted molar refractivity (Wildman–Crippen MR) is 109 cm³/mol. The Morgan fingerprint density at radius 3 is 2.65 bits per heavy atom. The Morgan fingerprint density at radius 1 is 1.15 bits per heavy atom. The third-order valence-electron chi connectivity index (χ3n) is 5.84. The average Bonchev–Trinajstić information content (AvgIpc) is 2.62. The van der Waals surface area contributed by atoms with Gasteiger partial charge in [0.25, 0.3) is 0 Å². The Labute approximate surface area is 158 Å². The molecular formula is C23H33N3. The lowest BCUT2D eigenvalue weighted by molar-refractivity contribution is 0.222. The molecule has 2 heterocycles. The SMILES string of the molecule is Cc1cc2c(cc1C)CN(CCC(C)(N)CCCc1cccnc1)CC2. The Bertz CT molecular complexity index is 722. The van der Waals surface area contributed by atoms with Crippen LogP contribution in [0.3, 0.4) is 0 Å². The maximum atomic E-state index is 6.59. The van der Waals surface area contributed by atoms with Gasteiger partial charge in [0.1, 0.15) is 0 Å². The first-order valence-electron chi connectivity index (χ1n) is 9.92. The average molecular weight is 352 g/mol. The zero-order valence-electron chi connectivity index (χ0n) is 16.6. The standard InChI is InChI=1S/C23H33N3/c1-18-14-21-8-12-26(17-22(21)15-19(18)2)13-10-23(3,24)9-4-6-20-7-5-11-25-16-20/h5,7,11,14-16H,4,6,8-10,12-13,17,24H2,1-3H3. The molecule has 26 heavy (non-hydrogen) atoms. The molecule has 3 rings (SSSR count). The van der Waals surface area contributed by atoms with Crippen LogP contribution < -0.4 is 5.73 Å². The molecular weight excluding hydrogens is 318 g/mol. The molecule has 0 amide bonds. The molecule has 0 spiro atoms. The molecule has 0 fully saturated rings. The topological polar surface area (TPSA) is 42.1 Å². The number of aryl methyl sites for hydroxylation is 3. The van der Waals surface area contributed by atoms with E-state index in [0.29, 0.717) is 0 Å². The van der Waals surface area contributed by atoms with Crippen LogP contribution in [0.2, 0.25) is 0 Å². The summed E-state index contributed by atoms with van der Waals surface area (Å²) < 4.78 is 0. The summed E-state index contributed by atoms with van der Waals surface area (Å²) in [5, 5.41) is 0. The van der Waals surface area contributed by atoms with Crippen molar-refractivity contribution in [2.45, 2.75) is 65.0 Å². The summed E-state index contributed by atoms with van der Waals surface area (Å²) in [5.74, 6) is 0. The largest absolute Gasteiger partial charge is 0.325 e. The van der Waals surface area contributed by atoms with Gasteiger partial charge in [-0.3, -0.25) is 9.88 Å². The van der Waals surface area contributed by atoms with Gasteiger partial charge >= 0.3 is 0 Å². The van der Waals surface area contributed by atoms with Gasteiger partial charge in [0.05, 0.1) is 0 Å². The number of fused-ring (bicyclic) bond motifs is 1. The Hall–Kier alpha value is -1.71. The summed E-state index contributed by atoms with van der Waals surface area (Å²) in [7, 11) is 0. The zero-order valence-corrected chi connectivity index (χ0v) is 16.6. The number of hydrogen-bond acceptors (Lipinski definition) is 3. The van der Waals surface area contributed by atoms with Crippen LogP contribution in [0.25, 0.3) is 0 Å². The Balaban J connectivity index is 1.46. The van der Waals surface area contributed by atoms with Crippen molar-refractivity contribution in [3.05, 3.63) is 64.5 Å². The lowest BCUT2D eigenvalue weighted by Crippen LogP contribution is -2.41. The van der Waals surface area contributed by atoms with Crippen LogP contribution in [-0.4, -0.2) is 28.5 Å². The van der Waals surface area contributed by atoms with Gasteiger partial charge in [-0.05, 0) is 86.8 Å². The number of pyridine rings is 1. The Morgan fingerprint density at radius 2 is 1.92 bits per heavy atom. The zero-order chi connectivity index (χ0) is 18.6. The maximum absolute atomic E-state index is 6.59. The van der Waals surface area contributed by atoms with E-state index >= 15 is 0 Å². The van der Waals surface area contributed by atoms with Gasteiger partial charge in [0.15, 0.2) is 0 Å². The minimum Gasteiger partial charge on any atom is -0.325 e. The molecule has 0 saturated heterocycles. The van der Waals surface area contributed by atoms with Crippen LogP contribution in [0.15, 0.2) is 36.7 Å². The number of rotatable bonds is 7. The molecule has 0 aliphatic carbocycles. The molecule has 1 aromatic heterocycles. The van der Waals surface area contributed by atoms with E-state index in [2.05, 4.69) is 48.9 Å². The normalized spacial score (nSPS) is 16.9. The van der Waals surface area contributed by atoms with E-state index in [4.69, 9.17) is 5.73 Å². The molecule has 0 saturated carbocycles. The summed E-state index contributed by atoms with van der Waals surface area (Å²) in [6, 6.07) is 8.92. The van der Waals surface area contributed by atoms with E-state index in [9.17, 15) is 0 Å². The highest BCUT2D eigenvalue weighted by molar-refractivity contribution is 5.38. The van der Waals surface area contributed by atoms with Crippen molar-refractivity contribution in [1.29, 1.82) is 0 Å². The van der Waals surface area contributed by atoms with Crippen LogP contribution in [0.5, 0.6) is 0 Å². The van der Waals surface area contributed by atoms with Crippen molar-refractivity contribution in [3.63, 3.8) is 0 Å². The van der Waals surface area contributed by atoms with E-state index in [1.165, 1.54) is 34.2 Å². The van der Waals surface area contributed by atoms with Gasteiger partial charge in [0, 0.05) is 37.6 Å². The Kier molecular flexibility index (Phi) is 6.10. The lowest BCUT2D eigenvalue weighted by Gasteiger charge is -2.33. The summed E-state index contributed by atoms with van der Waals surface area (Å²) in [4.78, 5) is 6.76. The molecule has 2 aromatic rings. The molecule has 0 bridgehead atoms. The quantitative estimate of drug-likeness (QED) is 0.813. The molecule has 0 radical (unpaired) electrons. The lowest BCUT2D eigenvalue weighted by atomic mass is 9.90. The third-order valence-corrected chi connectivity index (χ3v) is 5.84. The fourth-order valence-electron chi connectivity index (χ4n) is 3.89. The minimum absolute atomic E-state index is 0.0916. The molecule has 2 N–H and O–H groups in total. The van der Waals surface area contributed by atoms with Gasteiger partial charge in [-0.25, -0.2) is 0 Å². The van der Waals surface area contributed by atoms with E-state index in [1.807, 2.05) is 18.5 Å². The van der Waals surface area contributed by atoms with Crippen molar-refractivity contribution in [2.75, 3.05) is 13.1 Å². The first-order valence-corrected chi connectivity index (χ1v) is 9.92. The second-order valence-electron chi connectivity index (χ2n) is 8.35. The monoisotopic (exact) mass is 351 g/mol. The number of benzene rings is 1. The van der Waals surface area contributed by atoms with Gasteiger partial charge in [-0.15, -0.1) is 0 Å². The maximum Gasteiger partial charge on any atom is 0.0299 e. The summed E-state index contributed by atoms with van der Waals surface area (Å²) in [6.45, 7) is 9.96. The van der Waals surface area contributed by atoms with Crippen LogP contribution in [-0.2, 0) is 19.4 Å².